The molecular formula is C30H27N3O4S. The Morgan fingerprint density at radius 3 is 2.21 bits per heavy atom. The molecule has 8 heteroatoms. The number of methoxy groups -OCH3 is 1. The fourth-order valence-electron chi connectivity index (χ4n) is 3.34. The van der Waals surface area contributed by atoms with Crippen molar-refractivity contribution >= 4 is 35.5 Å². The maximum Gasteiger partial charge on any atom is 0.271 e. The molecule has 2 N–H and O–H groups in total. The molecule has 0 bridgehead atoms. The fraction of sp³-hybridized carbons (Fsp3) is 0.100. The van der Waals surface area contributed by atoms with Crippen molar-refractivity contribution in [1.82, 2.24) is 5.43 Å². The normalized spacial score (nSPS) is 10.7. The number of hydrazone groups is 1. The second-order valence-electron chi connectivity index (χ2n) is 8.13. The lowest BCUT2D eigenvalue weighted by Gasteiger charge is -2.08. The molecule has 4 rings (SSSR count). The van der Waals surface area contributed by atoms with E-state index >= 15 is 0 Å². The van der Waals surface area contributed by atoms with Gasteiger partial charge < -0.3 is 14.8 Å². The van der Waals surface area contributed by atoms with Gasteiger partial charge in [0.15, 0.2) is 6.61 Å². The molecule has 2 amide bonds. The van der Waals surface area contributed by atoms with Crippen molar-refractivity contribution in [3.05, 3.63) is 120 Å². The number of ether oxygens (including phenoxy) is 2. The summed E-state index contributed by atoms with van der Waals surface area (Å²) in [5, 5.41) is 6.80. The first-order valence-electron chi connectivity index (χ1n) is 11.9. The van der Waals surface area contributed by atoms with Crippen molar-refractivity contribution in [3.63, 3.8) is 0 Å². The third kappa shape index (κ3) is 8.25. The molecule has 0 heterocycles. The van der Waals surface area contributed by atoms with Crippen LogP contribution in [-0.4, -0.2) is 31.7 Å². The largest absolute Gasteiger partial charge is 0.497 e. The Hall–Kier alpha value is -4.56. The number of hydrogen-bond acceptors (Lipinski definition) is 6. The molecule has 0 unspecified atom stereocenters. The Morgan fingerprint density at radius 1 is 0.842 bits per heavy atom. The molecule has 0 aromatic heterocycles. The highest BCUT2D eigenvalue weighted by atomic mass is 32.2. The van der Waals surface area contributed by atoms with Crippen molar-refractivity contribution in [1.29, 1.82) is 0 Å². The minimum absolute atomic E-state index is 0.126. The molecule has 0 aliphatic heterocycles. The Bertz CT molecular complexity index is 1360. The van der Waals surface area contributed by atoms with E-state index in [0.717, 1.165) is 16.9 Å². The third-order valence-electron chi connectivity index (χ3n) is 5.37. The molecule has 0 saturated heterocycles. The quantitative estimate of drug-likeness (QED) is 0.147. The molecule has 7 nitrogen and oxygen atoms in total. The van der Waals surface area contributed by atoms with Crippen LogP contribution in [0.5, 0.6) is 11.5 Å². The summed E-state index contributed by atoms with van der Waals surface area (Å²) >= 11 is 1.75. The molecule has 0 atom stereocenters. The number of benzene rings is 4. The van der Waals surface area contributed by atoms with E-state index in [1.165, 1.54) is 4.90 Å². The fourth-order valence-corrected chi connectivity index (χ4v) is 4.21. The highest BCUT2D eigenvalue weighted by Gasteiger charge is 2.06. The molecule has 4 aromatic carbocycles. The molecule has 0 aliphatic rings. The van der Waals surface area contributed by atoms with Crippen LogP contribution in [0.25, 0.3) is 0 Å². The zero-order valence-electron chi connectivity index (χ0n) is 20.8. The number of carbonyl (C=O) groups is 2. The second kappa shape index (κ2) is 13.7. The Kier molecular flexibility index (Phi) is 9.53. The molecule has 0 spiro atoms. The van der Waals surface area contributed by atoms with Crippen molar-refractivity contribution < 1.29 is 19.1 Å². The summed E-state index contributed by atoms with van der Waals surface area (Å²) in [7, 11) is 1.59. The summed E-state index contributed by atoms with van der Waals surface area (Å²) in [5.74, 6) is 1.53. The highest BCUT2D eigenvalue weighted by Crippen LogP contribution is 2.22. The Balaban J connectivity index is 1.19. The number of nitrogens with zero attached hydrogens (tertiary/aromatic N) is 1. The van der Waals surface area contributed by atoms with Gasteiger partial charge in [0.25, 0.3) is 11.8 Å². The number of anilines is 1. The second-order valence-corrected chi connectivity index (χ2v) is 9.18. The van der Waals surface area contributed by atoms with Crippen LogP contribution in [0, 0.1) is 0 Å². The molecule has 0 radical (unpaired) electrons. The number of nitrogens with one attached hydrogen (secondary N) is 2. The van der Waals surface area contributed by atoms with Gasteiger partial charge in [0, 0.05) is 21.9 Å². The number of thioether (sulfide) groups is 1. The molecule has 0 aliphatic carbocycles. The van der Waals surface area contributed by atoms with Crippen LogP contribution >= 0.6 is 11.8 Å². The maximum absolute atomic E-state index is 12.4. The maximum atomic E-state index is 12.4. The van der Waals surface area contributed by atoms with Gasteiger partial charge in [-0.15, -0.1) is 11.8 Å². The van der Waals surface area contributed by atoms with Crippen LogP contribution in [0.4, 0.5) is 5.69 Å². The van der Waals surface area contributed by atoms with Crippen LogP contribution < -0.4 is 20.2 Å². The lowest BCUT2D eigenvalue weighted by molar-refractivity contribution is -0.118. The van der Waals surface area contributed by atoms with Crippen LogP contribution in [0.1, 0.15) is 21.5 Å². The number of amides is 2. The number of hydrogen-bond donors (Lipinski definition) is 2. The van der Waals surface area contributed by atoms with Gasteiger partial charge in [-0.05, 0) is 83.9 Å². The van der Waals surface area contributed by atoms with Crippen molar-refractivity contribution in [2.75, 3.05) is 19.0 Å². The van der Waals surface area contributed by atoms with E-state index in [1.807, 2.05) is 30.3 Å². The van der Waals surface area contributed by atoms with Gasteiger partial charge in [-0.1, -0.05) is 30.3 Å². The molecular weight excluding hydrogens is 498 g/mol. The SMILES string of the molecule is COc1ccc(NC(=O)COc2ccc(/C=N\NC(=O)c3ccc(CSc4ccccc4)cc3)cc2)cc1. The average molecular weight is 526 g/mol. The summed E-state index contributed by atoms with van der Waals surface area (Å²) in [4.78, 5) is 25.7. The smallest absolute Gasteiger partial charge is 0.271 e. The van der Waals surface area contributed by atoms with Gasteiger partial charge in [0.1, 0.15) is 11.5 Å². The lowest BCUT2D eigenvalue weighted by Crippen LogP contribution is -2.20. The molecule has 0 saturated carbocycles. The van der Waals surface area contributed by atoms with Gasteiger partial charge >= 0.3 is 0 Å². The first-order valence-corrected chi connectivity index (χ1v) is 12.8. The Morgan fingerprint density at radius 2 is 1.53 bits per heavy atom. The zero-order chi connectivity index (χ0) is 26.6. The molecule has 4 aromatic rings. The van der Waals surface area contributed by atoms with Crippen molar-refractivity contribution in [2.24, 2.45) is 5.10 Å². The molecule has 0 fully saturated rings. The van der Waals surface area contributed by atoms with E-state index in [-0.39, 0.29) is 18.4 Å². The van der Waals surface area contributed by atoms with Gasteiger partial charge in [-0.3, -0.25) is 9.59 Å². The highest BCUT2D eigenvalue weighted by molar-refractivity contribution is 7.98. The molecule has 192 valence electrons. The Labute approximate surface area is 225 Å². The van der Waals surface area contributed by atoms with Crippen LogP contribution in [0.2, 0.25) is 0 Å². The number of carbonyl (C=O) groups excluding carboxylic acids is 2. The van der Waals surface area contributed by atoms with E-state index < -0.39 is 0 Å². The van der Waals surface area contributed by atoms with E-state index in [4.69, 9.17) is 9.47 Å². The third-order valence-corrected chi connectivity index (χ3v) is 6.45. The van der Waals surface area contributed by atoms with Gasteiger partial charge in [0.05, 0.1) is 13.3 Å². The predicted octanol–water partition coefficient (Wildman–Crippen LogP) is 5.77. The van der Waals surface area contributed by atoms with E-state index in [1.54, 1.807) is 85.7 Å². The van der Waals surface area contributed by atoms with Crippen molar-refractivity contribution in [2.45, 2.75) is 10.6 Å². The lowest BCUT2D eigenvalue weighted by atomic mass is 10.1. The topological polar surface area (TPSA) is 89.0 Å². The van der Waals surface area contributed by atoms with Crippen LogP contribution in [0.15, 0.2) is 113 Å². The summed E-state index contributed by atoms with van der Waals surface area (Å²) in [6.45, 7) is -0.126. The summed E-state index contributed by atoms with van der Waals surface area (Å²) in [5.41, 5.74) is 5.65. The van der Waals surface area contributed by atoms with E-state index in [9.17, 15) is 9.59 Å². The minimum Gasteiger partial charge on any atom is -0.497 e. The van der Waals surface area contributed by atoms with Crippen LogP contribution in [-0.2, 0) is 10.5 Å². The van der Waals surface area contributed by atoms with Crippen molar-refractivity contribution in [3.8, 4) is 11.5 Å². The zero-order valence-corrected chi connectivity index (χ0v) is 21.6. The van der Waals surface area contributed by atoms with E-state index in [2.05, 4.69) is 28.0 Å². The molecule has 38 heavy (non-hydrogen) atoms. The van der Waals surface area contributed by atoms with Gasteiger partial charge in [-0.25, -0.2) is 5.43 Å². The van der Waals surface area contributed by atoms with Crippen LogP contribution in [0.3, 0.4) is 0 Å². The number of rotatable bonds is 11. The summed E-state index contributed by atoms with van der Waals surface area (Å²) in [6, 6.07) is 31.8. The summed E-state index contributed by atoms with van der Waals surface area (Å²) < 4.78 is 10.6. The predicted molar refractivity (Wildman–Crippen MR) is 151 cm³/mol. The standard InChI is InChI=1S/C30H27N3O4S/c1-36-26-17-13-25(14-18-26)32-29(34)20-37-27-15-9-22(10-16-27)19-31-33-30(35)24-11-7-23(8-12-24)21-38-28-5-3-2-4-6-28/h2-19H,20-21H2,1H3,(H,32,34)(H,33,35)/b31-19-. The monoisotopic (exact) mass is 525 g/mol. The minimum atomic E-state index is -0.286. The first kappa shape index (κ1) is 26.5. The van der Waals surface area contributed by atoms with Gasteiger partial charge in [0.2, 0.25) is 0 Å². The average Bonchev–Trinajstić information content (AvgIpc) is 2.97. The summed E-state index contributed by atoms with van der Waals surface area (Å²) in [6.07, 6.45) is 1.54. The van der Waals surface area contributed by atoms with Gasteiger partial charge in [-0.2, -0.15) is 5.10 Å². The first-order chi connectivity index (χ1) is 18.6. The van der Waals surface area contributed by atoms with E-state index in [0.29, 0.717) is 22.7 Å².